The van der Waals surface area contributed by atoms with Crippen LogP contribution in [0.4, 0.5) is 19.0 Å². The number of pyridine rings is 1. The van der Waals surface area contributed by atoms with Gasteiger partial charge in [0.15, 0.2) is 0 Å². The van der Waals surface area contributed by atoms with E-state index in [0.29, 0.717) is 0 Å². The molecule has 0 spiro atoms. The van der Waals surface area contributed by atoms with Gasteiger partial charge in [-0.3, -0.25) is 9.88 Å². The van der Waals surface area contributed by atoms with E-state index in [2.05, 4.69) is 25.2 Å². The monoisotopic (exact) mass is 351 g/mol. The van der Waals surface area contributed by atoms with Gasteiger partial charge >= 0.3 is 6.18 Å². The van der Waals surface area contributed by atoms with Crippen molar-refractivity contribution in [3.63, 3.8) is 0 Å². The molecular formula is C17H20F3N5. The smallest absolute Gasteiger partial charge is 0.366 e. The maximum atomic E-state index is 12.8. The lowest BCUT2D eigenvalue weighted by atomic mass is 10.1. The molecule has 1 N–H and O–H groups in total. The zero-order chi connectivity index (χ0) is 17.9. The maximum Gasteiger partial charge on any atom is 0.433 e. The highest BCUT2D eigenvalue weighted by Crippen LogP contribution is 2.28. The van der Waals surface area contributed by atoms with Gasteiger partial charge in [-0.1, -0.05) is 6.07 Å². The van der Waals surface area contributed by atoms with E-state index in [0.717, 1.165) is 56.3 Å². The Kier molecular flexibility index (Phi) is 5.17. The normalized spacial score (nSPS) is 19.0. The first-order valence-corrected chi connectivity index (χ1v) is 8.21. The number of halogens is 3. The van der Waals surface area contributed by atoms with Crippen molar-refractivity contribution in [2.45, 2.75) is 38.5 Å². The van der Waals surface area contributed by atoms with E-state index in [9.17, 15) is 13.2 Å². The molecule has 8 heteroatoms. The van der Waals surface area contributed by atoms with E-state index in [1.807, 2.05) is 25.1 Å². The first kappa shape index (κ1) is 17.6. The lowest BCUT2D eigenvalue weighted by molar-refractivity contribution is -0.141. The van der Waals surface area contributed by atoms with E-state index < -0.39 is 11.9 Å². The van der Waals surface area contributed by atoms with Crippen LogP contribution in [-0.4, -0.2) is 39.0 Å². The van der Waals surface area contributed by atoms with Crippen LogP contribution in [0.3, 0.4) is 0 Å². The predicted octanol–water partition coefficient (Wildman–Crippen LogP) is 3.28. The highest BCUT2D eigenvalue weighted by molar-refractivity contribution is 5.37. The van der Waals surface area contributed by atoms with Crippen LogP contribution in [0.5, 0.6) is 0 Å². The molecule has 134 valence electrons. The molecule has 1 fully saturated rings. The van der Waals surface area contributed by atoms with Gasteiger partial charge in [0, 0.05) is 30.9 Å². The van der Waals surface area contributed by atoms with E-state index in [-0.39, 0.29) is 11.9 Å². The summed E-state index contributed by atoms with van der Waals surface area (Å²) in [4.78, 5) is 14.0. The highest BCUT2D eigenvalue weighted by atomic mass is 19.4. The molecule has 1 atom stereocenters. The first-order chi connectivity index (χ1) is 11.9. The van der Waals surface area contributed by atoms with Crippen LogP contribution in [0.25, 0.3) is 0 Å². The molecular weight excluding hydrogens is 331 g/mol. The molecule has 0 bridgehead atoms. The van der Waals surface area contributed by atoms with Crippen LogP contribution in [0.15, 0.2) is 30.6 Å². The van der Waals surface area contributed by atoms with Gasteiger partial charge in [-0.2, -0.15) is 13.2 Å². The van der Waals surface area contributed by atoms with E-state index >= 15 is 0 Å². The molecule has 2 aromatic heterocycles. The summed E-state index contributed by atoms with van der Waals surface area (Å²) in [7, 11) is 0. The number of rotatable bonds is 4. The number of hydrogen-bond acceptors (Lipinski definition) is 5. The third-order valence-electron chi connectivity index (χ3n) is 4.15. The Labute approximate surface area is 144 Å². The fourth-order valence-electron chi connectivity index (χ4n) is 3.03. The summed E-state index contributed by atoms with van der Waals surface area (Å²) in [6.45, 7) is 4.38. The van der Waals surface area contributed by atoms with Crippen LogP contribution in [0.1, 0.15) is 29.9 Å². The molecule has 2 aromatic rings. The molecule has 3 heterocycles. The highest BCUT2D eigenvalue weighted by Gasteiger charge is 2.33. The van der Waals surface area contributed by atoms with E-state index in [4.69, 9.17) is 0 Å². The number of aromatic nitrogens is 3. The summed E-state index contributed by atoms with van der Waals surface area (Å²) in [5, 5.41) is 3.11. The molecule has 1 aliphatic rings. The van der Waals surface area contributed by atoms with Gasteiger partial charge in [0.05, 0.1) is 5.69 Å². The lowest BCUT2D eigenvalue weighted by Gasteiger charge is -2.33. The first-order valence-electron chi connectivity index (χ1n) is 8.21. The Bertz CT molecular complexity index is 719. The molecule has 5 nitrogen and oxygen atoms in total. The Morgan fingerprint density at radius 1 is 1.28 bits per heavy atom. The molecule has 0 radical (unpaired) electrons. The number of nitrogens with one attached hydrogen (secondary N) is 1. The van der Waals surface area contributed by atoms with Crippen molar-refractivity contribution in [1.29, 1.82) is 0 Å². The zero-order valence-electron chi connectivity index (χ0n) is 13.9. The van der Waals surface area contributed by atoms with Crippen molar-refractivity contribution < 1.29 is 13.2 Å². The SMILES string of the molecule is Cc1cccc(CN2CCCC(Nc3cc(C(F)(F)F)ncn3)C2)n1. The molecule has 0 amide bonds. The van der Waals surface area contributed by atoms with Crippen LogP contribution in [-0.2, 0) is 12.7 Å². The van der Waals surface area contributed by atoms with Gasteiger partial charge in [0.2, 0.25) is 0 Å². The second kappa shape index (κ2) is 7.35. The fourth-order valence-corrected chi connectivity index (χ4v) is 3.03. The largest absolute Gasteiger partial charge is 0.433 e. The van der Waals surface area contributed by atoms with Gasteiger partial charge in [0.25, 0.3) is 0 Å². The van der Waals surface area contributed by atoms with Crippen molar-refractivity contribution in [2.24, 2.45) is 0 Å². The van der Waals surface area contributed by atoms with Crippen LogP contribution in [0.2, 0.25) is 0 Å². The van der Waals surface area contributed by atoms with Gasteiger partial charge in [-0.25, -0.2) is 9.97 Å². The minimum absolute atomic E-state index is 0.0505. The van der Waals surface area contributed by atoms with E-state index in [1.54, 1.807) is 0 Å². The van der Waals surface area contributed by atoms with Crippen molar-refractivity contribution in [1.82, 2.24) is 19.9 Å². The van der Waals surface area contributed by atoms with Gasteiger partial charge in [-0.05, 0) is 38.4 Å². The average Bonchev–Trinajstić information content (AvgIpc) is 2.55. The summed E-state index contributed by atoms with van der Waals surface area (Å²) in [6.07, 6.45) is -1.65. The summed E-state index contributed by atoms with van der Waals surface area (Å²) in [6, 6.07) is 6.94. The number of anilines is 1. The Morgan fingerprint density at radius 3 is 2.88 bits per heavy atom. The minimum atomic E-state index is -4.46. The van der Waals surface area contributed by atoms with Crippen LogP contribution < -0.4 is 5.32 Å². The molecule has 0 saturated carbocycles. The Balaban J connectivity index is 1.62. The molecule has 1 saturated heterocycles. The summed E-state index contributed by atoms with van der Waals surface area (Å²) in [5.41, 5.74) is 1.05. The quantitative estimate of drug-likeness (QED) is 0.916. The van der Waals surface area contributed by atoms with Gasteiger partial charge < -0.3 is 5.32 Å². The third kappa shape index (κ3) is 4.88. The number of hydrogen-bond donors (Lipinski definition) is 1. The van der Waals surface area contributed by atoms with Crippen molar-refractivity contribution >= 4 is 5.82 Å². The maximum absolute atomic E-state index is 12.8. The lowest BCUT2D eigenvalue weighted by Crippen LogP contribution is -2.41. The Hall–Kier alpha value is -2.22. The van der Waals surface area contributed by atoms with Crippen molar-refractivity contribution in [3.05, 3.63) is 47.7 Å². The molecule has 25 heavy (non-hydrogen) atoms. The van der Waals surface area contributed by atoms with Gasteiger partial charge in [0.1, 0.15) is 17.8 Å². The molecule has 0 aromatic carbocycles. The second-order valence-electron chi connectivity index (χ2n) is 6.28. The summed E-state index contributed by atoms with van der Waals surface area (Å²) >= 11 is 0. The van der Waals surface area contributed by atoms with Crippen LogP contribution in [0, 0.1) is 6.92 Å². The van der Waals surface area contributed by atoms with Crippen molar-refractivity contribution in [3.8, 4) is 0 Å². The summed E-state index contributed by atoms with van der Waals surface area (Å²) in [5.74, 6) is 0.211. The van der Waals surface area contributed by atoms with E-state index in [1.165, 1.54) is 0 Å². The number of nitrogens with zero attached hydrogens (tertiary/aromatic N) is 4. The van der Waals surface area contributed by atoms with Crippen LogP contribution >= 0.6 is 0 Å². The predicted molar refractivity (Wildman–Crippen MR) is 87.9 cm³/mol. The van der Waals surface area contributed by atoms with Crippen molar-refractivity contribution in [2.75, 3.05) is 18.4 Å². The second-order valence-corrected chi connectivity index (χ2v) is 6.28. The minimum Gasteiger partial charge on any atom is -0.366 e. The molecule has 1 unspecified atom stereocenters. The number of piperidine rings is 1. The third-order valence-corrected chi connectivity index (χ3v) is 4.15. The Morgan fingerprint density at radius 2 is 2.12 bits per heavy atom. The number of aryl methyl sites for hydroxylation is 1. The summed E-state index contributed by atoms with van der Waals surface area (Å²) < 4.78 is 38.3. The molecule has 3 rings (SSSR count). The number of alkyl halides is 3. The fraction of sp³-hybridized carbons (Fsp3) is 0.471. The molecule has 0 aliphatic carbocycles. The average molecular weight is 351 g/mol. The molecule has 1 aliphatic heterocycles. The number of likely N-dealkylation sites (tertiary alicyclic amines) is 1. The topological polar surface area (TPSA) is 53.9 Å². The van der Waals surface area contributed by atoms with Gasteiger partial charge in [-0.15, -0.1) is 0 Å². The zero-order valence-corrected chi connectivity index (χ0v) is 13.9. The standard InChI is InChI=1S/C17H20F3N5/c1-12-4-2-5-13(23-12)9-25-7-3-6-14(10-25)24-16-8-15(17(18,19)20)21-11-22-16/h2,4-5,8,11,14H,3,6-7,9-10H2,1H3,(H,21,22,24).